The first-order valence-electron chi connectivity index (χ1n) is 9.78. The number of methoxy groups -OCH3 is 1. The Balaban J connectivity index is 1.75. The van der Waals surface area contributed by atoms with Gasteiger partial charge in [-0.1, -0.05) is 18.2 Å². The lowest BCUT2D eigenvalue weighted by Crippen LogP contribution is -2.17. The van der Waals surface area contributed by atoms with Gasteiger partial charge >= 0.3 is 0 Å². The van der Waals surface area contributed by atoms with E-state index in [0.717, 1.165) is 48.8 Å². The highest BCUT2D eigenvalue weighted by molar-refractivity contribution is 5.64. The second kappa shape index (κ2) is 10.1. The minimum Gasteiger partial charge on any atom is -0.497 e. The molecule has 3 aromatic rings. The van der Waals surface area contributed by atoms with Gasteiger partial charge in [-0.3, -0.25) is 0 Å². The maximum absolute atomic E-state index is 5.60. The Morgan fingerprint density at radius 2 is 1.79 bits per heavy atom. The van der Waals surface area contributed by atoms with Crippen LogP contribution in [0.15, 0.2) is 60.8 Å². The van der Waals surface area contributed by atoms with Crippen molar-refractivity contribution in [2.75, 3.05) is 20.3 Å². The Labute approximate surface area is 167 Å². The Morgan fingerprint density at radius 1 is 1.04 bits per heavy atom. The zero-order valence-electron chi connectivity index (χ0n) is 16.9. The topological polar surface area (TPSA) is 48.3 Å². The maximum atomic E-state index is 5.60. The first kappa shape index (κ1) is 20.1. The summed E-state index contributed by atoms with van der Waals surface area (Å²) in [6.45, 7) is 6.57. The fraction of sp³-hybridized carbons (Fsp3) is 0.348. The molecule has 2 aromatic carbocycles. The zero-order chi connectivity index (χ0) is 19.8. The number of nitrogens with zero attached hydrogens (tertiary/aromatic N) is 2. The predicted molar refractivity (Wildman–Crippen MR) is 113 cm³/mol. The van der Waals surface area contributed by atoms with E-state index in [1.807, 2.05) is 35.0 Å². The highest BCUT2D eigenvalue weighted by Gasteiger charge is 2.12. The minimum atomic E-state index is 0.283. The molecule has 5 nitrogen and oxygen atoms in total. The summed E-state index contributed by atoms with van der Waals surface area (Å²) >= 11 is 0. The number of nitrogens with one attached hydrogen (secondary N) is 1. The van der Waals surface area contributed by atoms with E-state index in [1.54, 1.807) is 7.11 Å². The second-order valence-corrected chi connectivity index (χ2v) is 6.96. The molecule has 1 heterocycles. The number of rotatable bonds is 10. The predicted octanol–water partition coefficient (Wildman–Crippen LogP) is 4.45. The minimum absolute atomic E-state index is 0.283. The van der Waals surface area contributed by atoms with Gasteiger partial charge in [0.05, 0.1) is 24.6 Å². The van der Waals surface area contributed by atoms with E-state index in [-0.39, 0.29) is 6.10 Å². The van der Waals surface area contributed by atoms with Gasteiger partial charge in [-0.15, -0.1) is 0 Å². The number of hydrogen-bond donors (Lipinski definition) is 1. The van der Waals surface area contributed by atoms with Crippen LogP contribution in [0.4, 0.5) is 0 Å². The van der Waals surface area contributed by atoms with Crippen LogP contribution in [-0.4, -0.2) is 36.1 Å². The average Bonchev–Trinajstić information content (AvgIpc) is 3.15. The molecule has 5 heteroatoms. The summed E-state index contributed by atoms with van der Waals surface area (Å²) in [5, 5.41) is 8.37. The summed E-state index contributed by atoms with van der Waals surface area (Å²) in [6.07, 6.45) is 3.38. The zero-order valence-corrected chi connectivity index (χ0v) is 16.9. The van der Waals surface area contributed by atoms with Gasteiger partial charge in [0.15, 0.2) is 0 Å². The van der Waals surface area contributed by atoms with E-state index >= 15 is 0 Å². The second-order valence-electron chi connectivity index (χ2n) is 6.96. The number of hydrogen-bond acceptors (Lipinski definition) is 4. The lowest BCUT2D eigenvalue weighted by atomic mass is 10.1. The Hall–Kier alpha value is -2.63. The van der Waals surface area contributed by atoms with E-state index < -0.39 is 0 Å². The van der Waals surface area contributed by atoms with Crippen molar-refractivity contribution in [2.45, 2.75) is 32.9 Å². The molecule has 0 aliphatic heterocycles. The summed E-state index contributed by atoms with van der Waals surface area (Å²) < 4.78 is 12.8. The number of benzene rings is 2. The van der Waals surface area contributed by atoms with E-state index in [9.17, 15) is 0 Å². The quantitative estimate of drug-likeness (QED) is 0.529. The van der Waals surface area contributed by atoms with E-state index in [4.69, 9.17) is 14.6 Å². The maximum Gasteiger partial charge on any atom is 0.118 e. The van der Waals surface area contributed by atoms with Crippen molar-refractivity contribution >= 4 is 0 Å². The van der Waals surface area contributed by atoms with E-state index in [1.165, 1.54) is 5.56 Å². The third-order valence-corrected chi connectivity index (χ3v) is 4.44. The standard InChI is InChI=1S/C23H29N3O2/c1-18(2)28-15-7-14-24-16-20-17-26(21-8-5-4-6-9-21)25-23(20)19-10-12-22(27-3)13-11-19/h4-6,8-13,17-18,24H,7,14-16H2,1-3H3. The molecule has 0 fully saturated rings. The summed E-state index contributed by atoms with van der Waals surface area (Å²) in [4.78, 5) is 0. The summed E-state index contributed by atoms with van der Waals surface area (Å²) in [5.41, 5.74) is 4.28. The van der Waals surface area contributed by atoms with Gasteiger partial charge in [-0.2, -0.15) is 5.10 Å². The van der Waals surface area contributed by atoms with E-state index in [0.29, 0.717) is 0 Å². The van der Waals surface area contributed by atoms with Crippen LogP contribution >= 0.6 is 0 Å². The molecule has 148 valence electrons. The van der Waals surface area contributed by atoms with Crippen molar-refractivity contribution in [3.05, 3.63) is 66.4 Å². The van der Waals surface area contributed by atoms with Crippen LogP contribution in [-0.2, 0) is 11.3 Å². The Bertz CT molecular complexity index is 842. The highest BCUT2D eigenvalue weighted by Crippen LogP contribution is 2.25. The van der Waals surface area contributed by atoms with Crippen molar-refractivity contribution in [2.24, 2.45) is 0 Å². The summed E-state index contributed by atoms with van der Waals surface area (Å²) in [6, 6.07) is 18.2. The molecule has 1 N–H and O–H groups in total. The van der Waals surface area contributed by atoms with Crippen molar-refractivity contribution < 1.29 is 9.47 Å². The van der Waals surface area contributed by atoms with Crippen LogP contribution < -0.4 is 10.1 Å². The largest absolute Gasteiger partial charge is 0.497 e. The Morgan fingerprint density at radius 3 is 2.46 bits per heavy atom. The molecular weight excluding hydrogens is 350 g/mol. The fourth-order valence-electron chi connectivity index (χ4n) is 2.98. The first-order valence-corrected chi connectivity index (χ1v) is 9.78. The van der Waals surface area contributed by atoms with E-state index in [2.05, 4.69) is 49.6 Å². The smallest absolute Gasteiger partial charge is 0.118 e. The van der Waals surface area contributed by atoms with Crippen LogP contribution in [0.5, 0.6) is 5.75 Å². The molecule has 0 bridgehead atoms. The molecule has 0 atom stereocenters. The molecule has 3 rings (SSSR count). The van der Waals surface area contributed by atoms with Gasteiger partial charge in [0.1, 0.15) is 5.75 Å². The molecule has 0 spiro atoms. The molecule has 0 amide bonds. The molecule has 0 saturated carbocycles. The molecule has 1 aromatic heterocycles. The molecule has 0 radical (unpaired) electrons. The number of para-hydroxylation sites is 1. The SMILES string of the molecule is COc1ccc(-c2nn(-c3ccccc3)cc2CNCCCOC(C)C)cc1. The Kier molecular flexibility index (Phi) is 7.23. The fourth-order valence-corrected chi connectivity index (χ4v) is 2.98. The average molecular weight is 380 g/mol. The molecule has 0 aliphatic rings. The van der Waals surface area contributed by atoms with Gasteiger partial charge in [0.2, 0.25) is 0 Å². The number of aromatic nitrogens is 2. The lowest BCUT2D eigenvalue weighted by molar-refractivity contribution is 0.0770. The van der Waals surface area contributed by atoms with Crippen molar-refractivity contribution in [3.63, 3.8) is 0 Å². The first-order chi connectivity index (χ1) is 13.7. The van der Waals surface area contributed by atoms with Crippen LogP contribution in [0.2, 0.25) is 0 Å². The molecule has 0 aliphatic carbocycles. The van der Waals surface area contributed by atoms with Crippen molar-refractivity contribution in [3.8, 4) is 22.7 Å². The van der Waals surface area contributed by atoms with Crippen LogP contribution in [0, 0.1) is 0 Å². The third-order valence-electron chi connectivity index (χ3n) is 4.44. The molecular formula is C23H29N3O2. The monoisotopic (exact) mass is 379 g/mol. The van der Waals surface area contributed by atoms with Gasteiger partial charge in [-0.25, -0.2) is 4.68 Å². The van der Waals surface area contributed by atoms with Gasteiger partial charge in [0, 0.05) is 30.5 Å². The van der Waals surface area contributed by atoms with Crippen LogP contribution in [0.3, 0.4) is 0 Å². The lowest BCUT2D eigenvalue weighted by Gasteiger charge is -2.08. The normalized spacial score (nSPS) is 11.1. The highest BCUT2D eigenvalue weighted by atomic mass is 16.5. The molecule has 0 unspecified atom stereocenters. The molecule has 28 heavy (non-hydrogen) atoms. The van der Waals surface area contributed by atoms with Crippen LogP contribution in [0.25, 0.3) is 16.9 Å². The van der Waals surface area contributed by atoms with Gasteiger partial charge in [0.25, 0.3) is 0 Å². The third kappa shape index (κ3) is 5.44. The van der Waals surface area contributed by atoms with Crippen molar-refractivity contribution in [1.29, 1.82) is 0 Å². The number of ether oxygens (including phenoxy) is 2. The van der Waals surface area contributed by atoms with Crippen LogP contribution in [0.1, 0.15) is 25.8 Å². The summed E-state index contributed by atoms with van der Waals surface area (Å²) in [7, 11) is 1.68. The molecule has 0 saturated heterocycles. The van der Waals surface area contributed by atoms with Gasteiger partial charge in [-0.05, 0) is 63.2 Å². The summed E-state index contributed by atoms with van der Waals surface area (Å²) in [5.74, 6) is 0.844. The van der Waals surface area contributed by atoms with Crippen molar-refractivity contribution in [1.82, 2.24) is 15.1 Å². The van der Waals surface area contributed by atoms with Gasteiger partial charge < -0.3 is 14.8 Å².